The Morgan fingerprint density at radius 2 is 2.19 bits per heavy atom. The third-order valence-electron chi connectivity index (χ3n) is 4.28. The lowest BCUT2D eigenvalue weighted by Gasteiger charge is -2.28. The van der Waals surface area contributed by atoms with Crippen LogP contribution in [0.15, 0.2) is 6.07 Å². The van der Waals surface area contributed by atoms with E-state index in [4.69, 9.17) is 4.98 Å². The average molecular weight is 291 g/mol. The second-order valence-electron chi connectivity index (χ2n) is 6.18. The number of aromatic nitrogens is 2. The number of hydrogen-bond acceptors (Lipinski definition) is 5. The normalized spacial score (nSPS) is 19.2. The summed E-state index contributed by atoms with van der Waals surface area (Å²) >= 11 is 0. The first kappa shape index (κ1) is 16.0. The molecule has 5 heteroatoms. The average Bonchev–Trinajstić information content (AvgIpc) is 2.93. The van der Waals surface area contributed by atoms with Crippen molar-refractivity contribution in [3.8, 4) is 0 Å². The van der Waals surface area contributed by atoms with Crippen LogP contribution >= 0.6 is 0 Å². The van der Waals surface area contributed by atoms with Crippen LogP contribution in [-0.2, 0) is 0 Å². The third kappa shape index (κ3) is 3.84. The number of rotatable bonds is 6. The van der Waals surface area contributed by atoms with Crippen LogP contribution in [0, 0.1) is 0 Å². The van der Waals surface area contributed by atoms with Gasteiger partial charge in [-0.3, -0.25) is 4.90 Å². The van der Waals surface area contributed by atoms with Crippen molar-refractivity contribution in [1.29, 1.82) is 0 Å². The summed E-state index contributed by atoms with van der Waals surface area (Å²) in [5, 5.41) is 3.14. The fourth-order valence-corrected chi connectivity index (χ4v) is 2.96. The molecule has 2 heterocycles. The quantitative estimate of drug-likeness (QED) is 0.872. The number of anilines is 2. The summed E-state index contributed by atoms with van der Waals surface area (Å²) in [5.41, 5.74) is 0. The van der Waals surface area contributed by atoms with Crippen LogP contribution < -0.4 is 10.2 Å². The number of likely N-dealkylation sites (tertiary alicyclic amines) is 1. The van der Waals surface area contributed by atoms with Gasteiger partial charge in [-0.15, -0.1) is 0 Å². The van der Waals surface area contributed by atoms with Gasteiger partial charge in [0.2, 0.25) is 0 Å². The van der Waals surface area contributed by atoms with Crippen LogP contribution in [0.25, 0.3) is 0 Å². The number of likely N-dealkylation sites (N-methyl/N-ethyl adjacent to an activating group) is 2. The fraction of sp³-hybridized carbons (Fsp3) is 0.750. The molecule has 5 nitrogen and oxygen atoms in total. The van der Waals surface area contributed by atoms with Gasteiger partial charge >= 0.3 is 0 Å². The van der Waals surface area contributed by atoms with E-state index >= 15 is 0 Å². The van der Waals surface area contributed by atoms with Gasteiger partial charge in [-0.2, -0.15) is 0 Å². The van der Waals surface area contributed by atoms with Gasteiger partial charge in [0, 0.05) is 38.7 Å². The van der Waals surface area contributed by atoms with E-state index in [-0.39, 0.29) is 0 Å². The minimum absolute atomic E-state index is 0.337. The second-order valence-corrected chi connectivity index (χ2v) is 6.18. The standard InChI is InChI=1S/C16H29N5/c1-6-21-9-7-8-13(21)11-20(5)15-10-14(17-4)18-16(19-15)12(2)3/h10,12-13H,6-9,11H2,1-5H3,(H,17,18,19). The number of nitrogens with one attached hydrogen (secondary N) is 1. The van der Waals surface area contributed by atoms with Crippen molar-refractivity contribution in [3.63, 3.8) is 0 Å². The maximum atomic E-state index is 4.73. The molecule has 0 bridgehead atoms. The zero-order valence-corrected chi connectivity index (χ0v) is 14.1. The Labute approximate surface area is 128 Å². The highest BCUT2D eigenvalue weighted by Crippen LogP contribution is 2.22. The predicted molar refractivity (Wildman–Crippen MR) is 89.2 cm³/mol. The Bertz CT molecular complexity index is 460. The Hall–Kier alpha value is -1.36. The van der Waals surface area contributed by atoms with Gasteiger partial charge in [0.1, 0.15) is 17.5 Å². The highest BCUT2D eigenvalue weighted by Gasteiger charge is 2.24. The highest BCUT2D eigenvalue weighted by molar-refractivity contribution is 5.49. The fourth-order valence-electron chi connectivity index (χ4n) is 2.96. The highest BCUT2D eigenvalue weighted by atomic mass is 15.2. The molecule has 1 aliphatic heterocycles. The van der Waals surface area contributed by atoms with Gasteiger partial charge in [0.05, 0.1) is 0 Å². The van der Waals surface area contributed by atoms with Gasteiger partial charge in [-0.1, -0.05) is 20.8 Å². The molecule has 1 N–H and O–H groups in total. The largest absolute Gasteiger partial charge is 0.373 e. The summed E-state index contributed by atoms with van der Waals surface area (Å²) in [4.78, 5) is 14.1. The molecule has 1 unspecified atom stereocenters. The van der Waals surface area contributed by atoms with E-state index in [1.54, 1.807) is 0 Å². The van der Waals surface area contributed by atoms with E-state index in [0.29, 0.717) is 12.0 Å². The van der Waals surface area contributed by atoms with Gasteiger partial charge in [-0.25, -0.2) is 9.97 Å². The van der Waals surface area contributed by atoms with Crippen molar-refractivity contribution < 1.29 is 0 Å². The molecule has 1 atom stereocenters. The molecule has 0 aromatic carbocycles. The summed E-state index contributed by atoms with van der Waals surface area (Å²) in [6.07, 6.45) is 2.61. The van der Waals surface area contributed by atoms with Crippen molar-refractivity contribution in [2.24, 2.45) is 0 Å². The first-order chi connectivity index (χ1) is 10.0. The predicted octanol–water partition coefficient (Wildman–Crippen LogP) is 2.56. The summed E-state index contributed by atoms with van der Waals surface area (Å²) in [6, 6.07) is 2.69. The van der Waals surface area contributed by atoms with E-state index in [9.17, 15) is 0 Å². The lowest BCUT2D eigenvalue weighted by Crippen LogP contribution is -2.39. The van der Waals surface area contributed by atoms with Crippen molar-refractivity contribution in [3.05, 3.63) is 11.9 Å². The molecule has 0 saturated carbocycles. The van der Waals surface area contributed by atoms with Crippen LogP contribution in [0.3, 0.4) is 0 Å². The molecule has 1 aromatic rings. The molecule has 0 spiro atoms. The summed E-state index contributed by atoms with van der Waals surface area (Å²) < 4.78 is 0. The lowest BCUT2D eigenvalue weighted by molar-refractivity contribution is 0.270. The summed E-state index contributed by atoms with van der Waals surface area (Å²) in [5.74, 6) is 3.15. The molecule has 0 amide bonds. The number of nitrogens with zero attached hydrogens (tertiary/aromatic N) is 4. The third-order valence-corrected chi connectivity index (χ3v) is 4.28. The van der Waals surface area contributed by atoms with E-state index < -0.39 is 0 Å². The molecule has 2 rings (SSSR count). The van der Waals surface area contributed by atoms with Crippen LogP contribution in [-0.4, -0.2) is 54.6 Å². The molecule has 21 heavy (non-hydrogen) atoms. The molecule has 1 aliphatic rings. The topological polar surface area (TPSA) is 44.3 Å². The van der Waals surface area contributed by atoms with Crippen LogP contribution in [0.4, 0.5) is 11.6 Å². The first-order valence-corrected chi connectivity index (χ1v) is 8.07. The van der Waals surface area contributed by atoms with Gasteiger partial charge in [-0.05, 0) is 25.9 Å². The summed E-state index contributed by atoms with van der Waals surface area (Å²) in [6.45, 7) is 9.92. The van der Waals surface area contributed by atoms with Crippen LogP contribution in [0.5, 0.6) is 0 Å². The SMILES string of the molecule is CCN1CCCC1CN(C)c1cc(NC)nc(C(C)C)n1. The van der Waals surface area contributed by atoms with Crippen molar-refractivity contribution in [2.75, 3.05) is 43.9 Å². The Balaban J connectivity index is 2.14. The zero-order chi connectivity index (χ0) is 15.4. The van der Waals surface area contributed by atoms with Crippen molar-refractivity contribution in [2.45, 2.75) is 45.6 Å². The van der Waals surface area contributed by atoms with E-state index in [2.05, 4.69) is 47.9 Å². The Morgan fingerprint density at radius 1 is 1.43 bits per heavy atom. The smallest absolute Gasteiger partial charge is 0.135 e. The molecule has 0 radical (unpaired) electrons. The first-order valence-electron chi connectivity index (χ1n) is 8.07. The molecule has 0 aliphatic carbocycles. The lowest BCUT2D eigenvalue weighted by atomic mass is 10.2. The maximum Gasteiger partial charge on any atom is 0.135 e. The van der Waals surface area contributed by atoms with Crippen LogP contribution in [0.2, 0.25) is 0 Å². The minimum atomic E-state index is 0.337. The minimum Gasteiger partial charge on any atom is -0.373 e. The van der Waals surface area contributed by atoms with Crippen molar-refractivity contribution >= 4 is 11.6 Å². The Kier molecular flexibility index (Phi) is 5.39. The second kappa shape index (κ2) is 7.07. The monoisotopic (exact) mass is 291 g/mol. The number of hydrogen-bond donors (Lipinski definition) is 1. The summed E-state index contributed by atoms with van der Waals surface area (Å²) in [7, 11) is 4.05. The molecule has 1 fully saturated rings. The van der Waals surface area contributed by atoms with Gasteiger partial charge in [0.15, 0.2) is 0 Å². The molecular weight excluding hydrogens is 262 g/mol. The molecule has 118 valence electrons. The van der Waals surface area contributed by atoms with E-state index in [0.717, 1.165) is 30.5 Å². The van der Waals surface area contributed by atoms with Gasteiger partial charge < -0.3 is 10.2 Å². The van der Waals surface area contributed by atoms with Crippen molar-refractivity contribution in [1.82, 2.24) is 14.9 Å². The molecule has 1 aromatic heterocycles. The molecular formula is C16H29N5. The zero-order valence-electron chi connectivity index (χ0n) is 14.1. The van der Waals surface area contributed by atoms with E-state index in [1.807, 2.05) is 13.1 Å². The van der Waals surface area contributed by atoms with Crippen LogP contribution in [0.1, 0.15) is 45.4 Å². The van der Waals surface area contributed by atoms with Gasteiger partial charge in [0.25, 0.3) is 0 Å². The maximum absolute atomic E-state index is 4.73. The van der Waals surface area contributed by atoms with E-state index in [1.165, 1.54) is 19.4 Å². The Morgan fingerprint density at radius 3 is 2.81 bits per heavy atom. The molecule has 1 saturated heterocycles.